The summed E-state index contributed by atoms with van der Waals surface area (Å²) < 4.78 is 1.56. The lowest BCUT2D eigenvalue weighted by atomic mass is 10.0. The van der Waals surface area contributed by atoms with Crippen LogP contribution in [0.4, 0.5) is 0 Å². The summed E-state index contributed by atoms with van der Waals surface area (Å²) in [5, 5.41) is 1.52. The van der Waals surface area contributed by atoms with Crippen LogP contribution in [0, 0.1) is 0 Å². The van der Waals surface area contributed by atoms with Crippen molar-refractivity contribution in [3.8, 4) is 11.3 Å². The first-order chi connectivity index (χ1) is 15.0. The largest absolute Gasteiger partial charge is 0.339 e. The Morgan fingerprint density at radius 1 is 1.06 bits per heavy atom. The highest BCUT2D eigenvalue weighted by atomic mass is 16.2. The average molecular weight is 413 g/mol. The number of nitrogens with zero attached hydrogens (tertiary/aromatic N) is 4. The number of likely N-dealkylation sites (tertiary alicyclic amines) is 1. The molecule has 31 heavy (non-hydrogen) atoms. The molecule has 0 bridgehead atoms. The topological polar surface area (TPSA) is 94.1 Å². The summed E-state index contributed by atoms with van der Waals surface area (Å²) in [6.07, 6.45) is 5.13. The second-order valence-electron chi connectivity index (χ2n) is 8.12. The first-order valence-electron chi connectivity index (χ1n) is 10.4. The first kappa shape index (κ1) is 19.4. The van der Waals surface area contributed by atoms with Crippen molar-refractivity contribution < 1.29 is 4.79 Å². The fourth-order valence-corrected chi connectivity index (χ4v) is 4.07. The van der Waals surface area contributed by atoms with E-state index in [2.05, 4.69) is 4.98 Å². The number of hydrogen-bond donors (Lipinski definition) is 1. The maximum Gasteiger partial charge on any atom is 0.258 e. The van der Waals surface area contributed by atoms with Crippen molar-refractivity contribution in [3.05, 3.63) is 70.8 Å². The molecule has 3 heterocycles. The Kier molecular flexibility index (Phi) is 4.75. The molecule has 0 radical (unpaired) electrons. The van der Waals surface area contributed by atoms with Crippen LogP contribution < -0.4 is 11.3 Å². The molecule has 1 aliphatic rings. The van der Waals surface area contributed by atoms with Crippen molar-refractivity contribution in [2.75, 3.05) is 13.1 Å². The van der Waals surface area contributed by atoms with Crippen LogP contribution in [0.15, 0.2) is 59.7 Å². The summed E-state index contributed by atoms with van der Waals surface area (Å²) in [6, 6.07) is 13.2. The molecule has 0 atom stereocenters. The number of fused-ring (bicyclic) bond motifs is 2. The maximum absolute atomic E-state index is 12.9. The van der Waals surface area contributed by atoms with Crippen molar-refractivity contribution in [2.24, 2.45) is 12.8 Å². The molecule has 0 aliphatic carbocycles. The van der Waals surface area contributed by atoms with E-state index in [0.29, 0.717) is 35.2 Å². The van der Waals surface area contributed by atoms with Crippen molar-refractivity contribution >= 4 is 27.7 Å². The Hall–Kier alpha value is -3.58. The predicted molar refractivity (Wildman–Crippen MR) is 121 cm³/mol. The minimum Gasteiger partial charge on any atom is -0.339 e. The quantitative estimate of drug-likeness (QED) is 0.545. The van der Waals surface area contributed by atoms with Crippen molar-refractivity contribution in [1.82, 2.24) is 19.4 Å². The van der Waals surface area contributed by atoms with Crippen LogP contribution in [0.3, 0.4) is 0 Å². The lowest BCUT2D eigenvalue weighted by Crippen LogP contribution is -2.42. The van der Waals surface area contributed by atoms with Crippen molar-refractivity contribution in [2.45, 2.75) is 18.9 Å². The van der Waals surface area contributed by atoms with E-state index in [1.807, 2.05) is 35.2 Å². The lowest BCUT2D eigenvalue weighted by Gasteiger charge is -2.30. The fraction of sp³-hybridized carbons (Fsp3) is 0.250. The molecule has 0 spiro atoms. The van der Waals surface area contributed by atoms with Gasteiger partial charge in [0, 0.05) is 48.9 Å². The standard InChI is InChI=1S/C24H23N5O2/c1-28-9-6-15-12-16(2-4-19(15)24(28)31)22-14-26-20-5-3-17(13-21(20)27-22)23(30)29-10-7-18(25)8-11-29/h2-6,9,12-14,18H,7-8,10-11,25H2,1H3. The molecule has 0 saturated carbocycles. The van der Waals surface area contributed by atoms with E-state index in [1.165, 1.54) is 0 Å². The molecule has 156 valence electrons. The van der Waals surface area contributed by atoms with Gasteiger partial charge >= 0.3 is 0 Å². The summed E-state index contributed by atoms with van der Waals surface area (Å²) in [4.78, 5) is 36.3. The highest BCUT2D eigenvalue weighted by Crippen LogP contribution is 2.24. The molecule has 4 aromatic rings. The summed E-state index contributed by atoms with van der Waals surface area (Å²) >= 11 is 0. The number of carbonyl (C=O) groups excluding carboxylic acids is 1. The summed E-state index contributed by atoms with van der Waals surface area (Å²) in [7, 11) is 1.74. The molecule has 7 nitrogen and oxygen atoms in total. The predicted octanol–water partition coefficient (Wildman–Crippen LogP) is 2.71. The molecular formula is C24H23N5O2. The Morgan fingerprint density at radius 3 is 2.68 bits per heavy atom. The number of benzene rings is 2. The van der Waals surface area contributed by atoms with Gasteiger partial charge in [-0.15, -0.1) is 0 Å². The van der Waals surface area contributed by atoms with E-state index in [1.54, 1.807) is 36.1 Å². The second kappa shape index (κ2) is 7.59. The average Bonchev–Trinajstić information content (AvgIpc) is 2.80. The highest BCUT2D eigenvalue weighted by Gasteiger charge is 2.22. The van der Waals surface area contributed by atoms with Gasteiger partial charge in [0.05, 0.1) is 22.9 Å². The zero-order chi connectivity index (χ0) is 21.5. The number of aromatic nitrogens is 3. The number of aryl methyl sites for hydroxylation is 1. The molecule has 5 rings (SSSR count). The van der Waals surface area contributed by atoms with Gasteiger partial charge in [-0.2, -0.15) is 0 Å². The smallest absolute Gasteiger partial charge is 0.258 e. The Bertz CT molecular complexity index is 1370. The van der Waals surface area contributed by atoms with Gasteiger partial charge in [-0.3, -0.25) is 14.6 Å². The van der Waals surface area contributed by atoms with Gasteiger partial charge in [0.1, 0.15) is 0 Å². The molecule has 1 fully saturated rings. The molecular weight excluding hydrogens is 390 g/mol. The monoisotopic (exact) mass is 413 g/mol. The SMILES string of the molecule is Cn1ccc2cc(-c3cnc4ccc(C(=O)N5CCC(N)CC5)cc4n3)ccc2c1=O. The third-order valence-corrected chi connectivity index (χ3v) is 5.99. The van der Waals surface area contributed by atoms with Gasteiger partial charge in [0.25, 0.3) is 11.5 Å². The second-order valence-corrected chi connectivity index (χ2v) is 8.12. The van der Waals surface area contributed by atoms with Gasteiger partial charge in [0.2, 0.25) is 0 Å². The molecule has 0 unspecified atom stereocenters. The lowest BCUT2D eigenvalue weighted by molar-refractivity contribution is 0.0715. The minimum atomic E-state index is -0.0320. The van der Waals surface area contributed by atoms with Gasteiger partial charge in [-0.1, -0.05) is 6.07 Å². The van der Waals surface area contributed by atoms with Crippen LogP contribution >= 0.6 is 0 Å². The highest BCUT2D eigenvalue weighted by molar-refractivity contribution is 5.97. The summed E-state index contributed by atoms with van der Waals surface area (Å²) in [5.41, 5.74) is 9.50. The van der Waals surface area contributed by atoms with Crippen LogP contribution in [0.1, 0.15) is 23.2 Å². The number of hydrogen-bond acceptors (Lipinski definition) is 5. The van der Waals surface area contributed by atoms with Gasteiger partial charge in [0.15, 0.2) is 0 Å². The number of nitrogens with two attached hydrogens (primary N) is 1. The summed E-state index contributed by atoms with van der Waals surface area (Å²) in [6.45, 7) is 1.36. The molecule has 2 aromatic carbocycles. The molecule has 1 amide bonds. The fourth-order valence-electron chi connectivity index (χ4n) is 4.07. The molecule has 2 aromatic heterocycles. The van der Waals surface area contributed by atoms with Gasteiger partial charge in [-0.05, 0) is 54.6 Å². The Balaban J connectivity index is 1.51. The Morgan fingerprint density at radius 2 is 1.87 bits per heavy atom. The molecule has 7 heteroatoms. The van der Waals surface area contributed by atoms with Crippen LogP contribution in [0.2, 0.25) is 0 Å². The van der Waals surface area contributed by atoms with E-state index < -0.39 is 0 Å². The minimum absolute atomic E-state index is 0.00236. The third-order valence-electron chi connectivity index (χ3n) is 5.99. The molecule has 1 saturated heterocycles. The number of amides is 1. The van der Waals surface area contributed by atoms with Crippen LogP contribution in [0.25, 0.3) is 33.1 Å². The van der Waals surface area contributed by atoms with Crippen molar-refractivity contribution in [1.29, 1.82) is 0 Å². The van der Waals surface area contributed by atoms with E-state index in [-0.39, 0.29) is 17.5 Å². The van der Waals surface area contributed by atoms with E-state index in [4.69, 9.17) is 10.7 Å². The number of pyridine rings is 1. The van der Waals surface area contributed by atoms with Crippen LogP contribution in [0.5, 0.6) is 0 Å². The Labute approximate surface area is 179 Å². The zero-order valence-corrected chi connectivity index (χ0v) is 17.3. The van der Waals surface area contributed by atoms with E-state index in [9.17, 15) is 9.59 Å². The van der Waals surface area contributed by atoms with Crippen molar-refractivity contribution in [3.63, 3.8) is 0 Å². The van der Waals surface area contributed by atoms with Crippen LogP contribution in [-0.2, 0) is 7.05 Å². The zero-order valence-electron chi connectivity index (χ0n) is 17.3. The maximum atomic E-state index is 12.9. The normalized spacial score (nSPS) is 15.0. The molecule has 2 N–H and O–H groups in total. The third kappa shape index (κ3) is 3.57. The van der Waals surface area contributed by atoms with Crippen LogP contribution in [-0.4, -0.2) is 44.5 Å². The number of piperidine rings is 1. The molecule has 1 aliphatic heterocycles. The number of rotatable bonds is 2. The van der Waals surface area contributed by atoms with Gasteiger partial charge in [-0.25, -0.2) is 4.98 Å². The van der Waals surface area contributed by atoms with E-state index in [0.717, 1.165) is 29.3 Å². The summed E-state index contributed by atoms with van der Waals surface area (Å²) in [5.74, 6) is 0.00236. The van der Waals surface area contributed by atoms with E-state index >= 15 is 0 Å². The number of carbonyl (C=O) groups is 1. The first-order valence-corrected chi connectivity index (χ1v) is 10.4. The van der Waals surface area contributed by atoms with Gasteiger partial charge < -0.3 is 15.2 Å².